The molecule has 0 unspecified atom stereocenters. The van der Waals surface area contributed by atoms with E-state index < -0.39 is 11.9 Å². The summed E-state index contributed by atoms with van der Waals surface area (Å²) in [5.74, 6) is -1.55. The highest BCUT2D eigenvalue weighted by atomic mass is 35.5. The number of amides is 1. The van der Waals surface area contributed by atoms with Crippen molar-refractivity contribution in [2.75, 3.05) is 11.9 Å². The van der Waals surface area contributed by atoms with Crippen LogP contribution in [0.15, 0.2) is 36.4 Å². The molecule has 0 bridgehead atoms. The highest BCUT2D eigenvalue weighted by Crippen LogP contribution is 2.23. The number of carboxylic acid groups (broad SMARTS) is 1. The summed E-state index contributed by atoms with van der Waals surface area (Å²) in [4.78, 5) is 28.6. The standard InChI is InChI=1S/C14H10Cl2N2O3/c1-18(10-5-3-2-4-9(10)14(20)21)13(19)8-6-11(15)17-12(16)7-8/h2-7H,1H3,(H,20,21). The predicted molar refractivity (Wildman–Crippen MR) is 80.4 cm³/mol. The third-order valence-electron chi connectivity index (χ3n) is 2.81. The molecular weight excluding hydrogens is 315 g/mol. The molecule has 0 radical (unpaired) electrons. The van der Waals surface area contributed by atoms with Crippen LogP contribution in [0.25, 0.3) is 0 Å². The summed E-state index contributed by atoms with van der Waals surface area (Å²) >= 11 is 11.5. The van der Waals surface area contributed by atoms with Crippen molar-refractivity contribution in [3.63, 3.8) is 0 Å². The van der Waals surface area contributed by atoms with Gasteiger partial charge in [0.15, 0.2) is 0 Å². The minimum Gasteiger partial charge on any atom is -0.478 e. The number of aromatic nitrogens is 1. The maximum atomic E-state index is 12.4. The summed E-state index contributed by atoms with van der Waals surface area (Å²) < 4.78 is 0. The first-order chi connectivity index (χ1) is 9.90. The Morgan fingerprint density at radius 3 is 2.29 bits per heavy atom. The Bertz CT molecular complexity index is 699. The Kier molecular flexibility index (Phi) is 4.45. The lowest BCUT2D eigenvalue weighted by Crippen LogP contribution is -2.28. The fourth-order valence-electron chi connectivity index (χ4n) is 1.84. The van der Waals surface area contributed by atoms with Crippen LogP contribution in [0.2, 0.25) is 10.3 Å². The third-order valence-corrected chi connectivity index (χ3v) is 3.20. The second kappa shape index (κ2) is 6.11. The summed E-state index contributed by atoms with van der Waals surface area (Å²) in [5.41, 5.74) is 0.529. The topological polar surface area (TPSA) is 70.5 Å². The fourth-order valence-corrected chi connectivity index (χ4v) is 2.30. The molecule has 21 heavy (non-hydrogen) atoms. The Hall–Kier alpha value is -2.11. The summed E-state index contributed by atoms with van der Waals surface area (Å²) in [6, 6.07) is 8.95. The van der Waals surface area contributed by atoms with Crippen LogP contribution in [0, 0.1) is 0 Å². The molecule has 5 nitrogen and oxygen atoms in total. The lowest BCUT2D eigenvalue weighted by molar-refractivity contribution is 0.0697. The van der Waals surface area contributed by atoms with Gasteiger partial charge in [0.1, 0.15) is 10.3 Å². The Morgan fingerprint density at radius 2 is 1.71 bits per heavy atom. The molecule has 1 aromatic heterocycles. The average Bonchev–Trinajstić information content (AvgIpc) is 2.44. The molecule has 1 heterocycles. The van der Waals surface area contributed by atoms with Gasteiger partial charge in [-0.05, 0) is 24.3 Å². The summed E-state index contributed by atoms with van der Waals surface area (Å²) in [6.07, 6.45) is 0. The molecule has 0 aliphatic carbocycles. The number of halogens is 2. The first-order valence-electron chi connectivity index (χ1n) is 5.83. The minimum absolute atomic E-state index is 0.0274. The SMILES string of the molecule is CN(C(=O)c1cc(Cl)nc(Cl)c1)c1ccccc1C(=O)O. The molecule has 0 spiro atoms. The first kappa shape index (κ1) is 15.3. The van der Waals surface area contributed by atoms with E-state index in [1.165, 1.54) is 30.1 Å². The first-order valence-corrected chi connectivity index (χ1v) is 6.59. The molecule has 1 aromatic carbocycles. The van der Waals surface area contributed by atoms with Gasteiger partial charge >= 0.3 is 5.97 Å². The van der Waals surface area contributed by atoms with Crippen molar-refractivity contribution in [3.05, 3.63) is 57.8 Å². The number of rotatable bonds is 3. The van der Waals surface area contributed by atoms with Gasteiger partial charge in [-0.15, -0.1) is 0 Å². The third kappa shape index (κ3) is 3.32. The second-order valence-corrected chi connectivity index (χ2v) is 4.96. The number of carboxylic acids is 1. The number of para-hydroxylation sites is 1. The molecule has 0 saturated heterocycles. The molecule has 108 valence electrons. The van der Waals surface area contributed by atoms with E-state index >= 15 is 0 Å². The molecule has 7 heteroatoms. The number of hydrogen-bond donors (Lipinski definition) is 1. The van der Waals surface area contributed by atoms with Crippen LogP contribution >= 0.6 is 23.2 Å². The molecule has 0 fully saturated rings. The zero-order valence-electron chi connectivity index (χ0n) is 10.9. The van der Waals surface area contributed by atoms with Crippen LogP contribution in [0.1, 0.15) is 20.7 Å². The van der Waals surface area contributed by atoms with Crippen molar-refractivity contribution >= 4 is 40.8 Å². The zero-order chi connectivity index (χ0) is 15.6. The molecule has 0 aliphatic heterocycles. The van der Waals surface area contributed by atoms with Crippen molar-refractivity contribution in [3.8, 4) is 0 Å². The fraction of sp³-hybridized carbons (Fsp3) is 0.0714. The normalized spacial score (nSPS) is 10.2. The lowest BCUT2D eigenvalue weighted by Gasteiger charge is -2.19. The monoisotopic (exact) mass is 324 g/mol. The van der Waals surface area contributed by atoms with Crippen LogP contribution in [0.5, 0.6) is 0 Å². The number of benzene rings is 1. The van der Waals surface area contributed by atoms with Gasteiger partial charge in [0.05, 0.1) is 11.3 Å². The Morgan fingerprint density at radius 1 is 1.14 bits per heavy atom. The summed E-state index contributed by atoms with van der Waals surface area (Å²) in [5, 5.41) is 9.34. The van der Waals surface area contributed by atoms with E-state index in [4.69, 9.17) is 28.3 Å². The van der Waals surface area contributed by atoms with Crippen LogP contribution in [0.4, 0.5) is 5.69 Å². The van der Waals surface area contributed by atoms with E-state index in [2.05, 4.69) is 4.98 Å². The van der Waals surface area contributed by atoms with Gasteiger partial charge in [0.25, 0.3) is 5.91 Å². The number of anilines is 1. The number of nitrogens with zero attached hydrogens (tertiary/aromatic N) is 2. The van der Waals surface area contributed by atoms with Crippen molar-refractivity contribution in [1.29, 1.82) is 0 Å². The van der Waals surface area contributed by atoms with Gasteiger partial charge in [0.2, 0.25) is 0 Å². The number of aromatic carboxylic acids is 1. The van der Waals surface area contributed by atoms with E-state index in [-0.39, 0.29) is 27.1 Å². The van der Waals surface area contributed by atoms with Gasteiger partial charge < -0.3 is 10.0 Å². The Labute approximate surface area is 130 Å². The highest BCUT2D eigenvalue weighted by Gasteiger charge is 2.20. The average molecular weight is 325 g/mol. The largest absolute Gasteiger partial charge is 0.478 e. The van der Waals surface area contributed by atoms with Crippen LogP contribution < -0.4 is 4.90 Å². The van der Waals surface area contributed by atoms with Gasteiger partial charge in [-0.3, -0.25) is 4.79 Å². The van der Waals surface area contributed by atoms with E-state index in [1.807, 2.05) is 0 Å². The quantitative estimate of drug-likeness (QED) is 0.879. The molecule has 0 saturated carbocycles. The van der Waals surface area contributed by atoms with Gasteiger partial charge in [-0.25, -0.2) is 9.78 Å². The molecule has 0 aliphatic rings. The van der Waals surface area contributed by atoms with E-state index in [0.717, 1.165) is 0 Å². The number of carbonyl (C=O) groups excluding carboxylic acids is 1. The smallest absolute Gasteiger partial charge is 0.337 e. The Balaban J connectivity index is 2.42. The van der Waals surface area contributed by atoms with Crippen LogP contribution in [0.3, 0.4) is 0 Å². The maximum Gasteiger partial charge on any atom is 0.337 e. The van der Waals surface area contributed by atoms with Crippen molar-refractivity contribution in [2.24, 2.45) is 0 Å². The molecular formula is C14H10Cl2N2O3. The van der Waals surface area contributed by atoms with Gasteiger partial charge in [-0.1, -0.05) is 35.3 Å². The minimum atomic E-state index is -1.11. The predicted octanol–water partition coefficient (Wildman–Crippen LogP) is 3.36. The lowest BCUT2D eigenvalue weighted by atomic mass is 10.1. The van der Waals surface area contributed by atoms with E-state index in [0.29, 0.717) is 0 Å². The van der Waals surface area contributed by atoms with E-state index in [9.17, 15) is 9.59 Å². The maximum absolute atomic E-state index is 12.4. The van der Waals surface area contributed by atoms with Crippen molar-refractivity contribution in [2.45, 2.75) is 0 Å². The van der Waals surface area contributed by atoms with Crippen LogP contribution in [-0.4, -0.2) is 29.0 Å². The zero-order valence-corrected chi connectivity index (χ0v) is 12.4. The van der Waals surface area contributed by atoms with Crippen LogP contribution in [-0.2, 0) is 0 Å². The number of hydrogen-bond acceptors (Lipinski definition) is 3. The van der Waals surface area contributed by atoms with Gasteiger partial charge in [-0.2, -0.15) is 0 Å². The van der Waals surface area contributed by atoms with E-state index in [1.54, 1.807) is 18.2 Å². The second-order valence-electron chi connectivity index (χ2n) is 4.19. The van der Waals surface area contributed by atoms with Crippen molar-refractivity contribution in [1.82, 2.24) is 4.98 Å². The molecule has 1 N–H and O–H groups in total. The van der Waals surface area contributed by atoms with Crippen molar-refractivity contribution < 1.29 is 14.7 Å². The highest BCUT2D eigenvalue weighted by molar-refractivity contribution is 6.33. The molecule has 2 aromatic rings. The van der Waals surface area contributed by atoms with Gasteiger partial charge in [0, 0.05) is 12.6 Å². The summed E-state index contributed by atoms with van der Waals surface area (Å²) in [6.45, 7) is 0. The molecule has 2 rings (SSSR count). The molecule has 0 atom stereocenters. The molecule has 1 amide bonds. The number of pyridine rings is 1. The summed E-state index contributed by atoms with van der Waals surface area (Å²) in [7, 11) is 1.48. The number of carbonyl (C=O) groups is 2.